The Morgan fingerprint density at radius 2 is 1.73 bits per heavy atom. The number of hydrogen-bond acceptors (Lipinski definition) is 4. The van der Waals surface area contributed by atoms with Crippen molar-refractivity contribution in [2.24, 2.45) is 5.92 Å². The minimum absolute atomic E-state index is 0.0214. The van der Waals surface area contributed by atoms with Crippen molar-refractivity contribution < 1.29 is 35.5 Å². The van der Waals surface area contributed by atoms with E-state index in [4.69, 9.17) is 9.47 Å². The predicted octanol–water partition coefficient (Wildman–Crippen LogP) is 4.74. The molecule has 2 aromatic rings. The largest absolute Gasteiger partial charge is 0.490 e. The first-order chi connectivity index (χ1) is 15.6. The van der Waals surface area contributed by atoms with Crippen LogP contribution in [-0.2, 0) is 26.4 Å². The molecular formula is C24H26F4O4S. The topological polar surface area (TPSA) is 52.6 Å². The van der Waals surface area contributed by atoms with Gasteiger partial charge in [-0.25, -0.2) is 26.0 Å². The molecule has 3 atom stereocenters. The second-order valence-corrected chi connectivity index (χ2v) is 11.2. The van der Waals surface area contributed by atoms with Crippen LogP contribution in [0.15, 0.2) is 30.3 Å². The summed E-state index contributed by atoms with van der Waals surface area (Å²) < 4.78 is 93.9. The van der Waals surface area contributed by atoms with Gasteiger partial charge in [0, 0.05) is 35.3 Å². The van der Waals surface area contributed by atoms with Crippen molar-refractivity contribution in [1.82, 2.24) is 0 Å². The molecule has 4 nitrogen and oxygen atoms in total. The molecular weight excluding hydrogens is 460 g/mol. The van der Waals surface area contributed by atoms with E-state index >= 15 is 4.39 Å². The molecule has 0 aliphatic carbocycles. The molecule has 0 saturated carbocycles. The summed E-state index contributed by atoms with van der Waals surface area (Å²) in [5.74, 6) is -3.71. The number of rotatable bonds is 7. The molecule has 0 amide bonds. The highest BCUT2D eigenvalue weighted by atomic mass is 32.2. The normalized spacial score (nSPS) is 24.6. The van der Waals surface area contributed by atoms with E-state index in [2.05, 4.69) is 0 Å². The molecule has 33 heavy (non-hydrogen) atoms. The maximum Gasteiger partial charge on any atom is 0.165 e. The summed E-state index contributed by atoms with van der Waals surface area (Å²) in [6, 6.07) is 5.11. The first-order valence-electron chi connectivity index (χ1n) is 11.0. The van der Waals surface area contributed by atoms with Crippen LogP contribution in [0.3, 0.4) is 0 Å². The van der Waals surface area contributed by atoms with Gasteiger partial charge in [0.15, 0.2) is 11.6 Å². The van der Waals surface area contributed by atoms with E-state index in [1.54, 1.807) is 6.92 Å². The van der Waals surface area contributed by atoms with Crippen LogP contribution in [0.4, 0.5) is 17.6 Å². The summed E-state index contributed by atoms with van der Waals surface area (Å²) in [5.41, 5.74) is -0.751. The molecule has 0 aromatic heterocycles. The standard InChI is InChI=1S/C24H26F4O4S/c1-2-8-33(29,30)9-5-21-18-14-32-23-20(28)4-3-19(27)22(23)24(18,6-7-31-21)13-15-10-16(25)12-17(26)11-15/h3-4,10-12,18,21H,2,5-9,13-14H2,1H3/t18-,21-,24-/m0/s1. The van der Waals surface area contributed by atoms with Crippen LogP contribution >= 0.6 is 0 Å². The van der Waals surface area contributed by atoms with Crippen molar-refractivity contribution in [3.8, 4) is 5.75 Å². The van der Waals surface area contributed by atoms with Gasteiger partial charge < -0.3 is 9.47 Å². The maximum atomic E-state index is 15.2. The van der Waals surface area contributed by atoms with Gasteiger partial charge in [-0.3, -0.25) is 0 Å². The third kappa shape index (κ3) is 4.75. The van der Waals surface area contributed by atoms with Crippen LogP contribution in [0, 0.1) is 29.2 Å². The van der Waals surface area contributed by atoms with Crippen LogP contribution in [0.1, 0.15) is 37.3 Å². The fourth-order valence-electron chi connectivity index (χ4n) is 5.32. The highest BCUT2D eigenvalue weighted by Crippen LogP contribution is 2.52. The molecule has 2 aliphatic rings. The van der Waals surface area contributed by atoms with Crippen LogP contribution in [0.5, 0.6) is 5.75 Å². The Bertz CT molecular complexity index is 1120. The predicted molar refractivity (Wildman–Crippen MR) is 115 cm³/mol. The first kappa shape index (κ1) is 24.0. The average Bonchev–Trinajstić information content (AvgIpc) is 2.73. The van der Waals surface area contributed by atoms with E-state index in [-0.39, 0.29) is 55.3 Å². The van der Waals surface area contributed by atoms with Gasteiger partial charge in [-0.2, -0.15) is 0 Å². The average molecular weight is 487 g/mol. The summed E-state index contributed by atoms with van der Waals surface area (Å²) >= 11 is 0. The van der Waals surface area contributed by atoms with Crippen LogP contribution < -0.4 is 4.74 Å². The van der Waals surface area contributed by atoms with E-state index in [1.165, 1.54) is 12.1 Å². The van der Waals surface area contributed by atoms with Gasteiger partial charge in [0.1, 0.15) is 27.3 Å². The van der Waals surface area contributed by atoms with Gasteiger partial charge in [0.05, 0.1) is 18.5 Å². The van der Waals surface area contributed by atoms with Crippen LogP contribution in [0.2, 0.25) is 0 Å². The quantitative estimate of drug-likeness (QED) is 0.531. The monoisotopic (exact) mass is 486 g/mol. The van der Waals surface area contributed by atoms with E-state index < -0.39 is 50.5 Å². The minimum Gasteiger partial charge on any atom is -0.490 e. The van der Waals surface area contributed by atoms with E-state index in [1.807, 2.05) is 0 Å². The maximum absolute atomic E-state index is 15.2. The fourth-order valence-corrected chi connectivity index (χ4v) is 6.73. The smallest absolute Gasteiger partial charge is 0.165 e. The summed E-state index contributed by atoms with van der Waals surface area (Å²) in [5, 5.41) is 0. The molecule has 9 heteroatoms. The second kappa shape index (κ2) is 9.25. The summed E-state index contributed by atoms with van der Waals surface area (Å²) in [6.07, 6.45) is 0.365. The van der Waals surface area contributed by atoms with Crippen molar-refractivity contribution in [3.63, 3.8) is 0 Å². The zero-order valence-corrected chi connectivity index (χ0v) is 19.1. The number of sulfone groups is 1. The number of halogens is 4. The fraction of sp³-hybridized carbons (Fsp3) is 0.500. The minimum atomic E-state index is -3.29. The molecule has 1 fully saturated rings. The van der Waals surface area contributed by atoms with Gasteiger partial charge in [0.2, 0.25) is 0 Å². The van der Waals surface area contributed by atoms with Crippen LogP contribution in [0.25, 0.3) is 0 Å². The van der Waals surface area contributed by atoms with E-state index in [0.29, 0.717) is 12.0 Å². The highest BCUT2D eigenvalue weighted by molar-refractivity contribution is 7.91. The Morgan fingerprint density at radius 1 is 1.03 bits per heavy atom. The molecule has 0 unspecified atom stereocenters. The van der Waals surface area contributed by atoms with E-state index in [9.17, 15) is 21.6 Å². The molecule has 0 spiro atoms. The third-order valence-electron chi connectivity index (χ3n) is 6.67. The lowest BCUT2D eigenvalue weighted by molar-refractivity contribution is -0.0963. The second-order valence-electron chi connectivity index (χ2n) is 8.86. The van der Waals surface area contributed by atoms with Gasteiger partial charge in [-0.15, -0.1) is 0 Å². The Labute approximate surface area is 190 Å². The lowest BCUT2D eigenvalue weighted by Gasteiger charge is -2.51. The Hall–Kier alpha value is -2.13. The Kier molecular flexibility index (Phi) is 6.73. The van der Waals surface area contributed by atoms with Crippen molar-refractivity contribution in [3.05, 3.63) is 64.7 Å². The molecule has 2 heterocycles. The van der Waals surface area contributed by atoms with Gasteiger partial charge in [0.25, 0.3) is 0 Å². The zero-order valence-electron chi connectivity index (χ0n) is 18.3. The third-order valence-corrected chi connectivity index (χ3v) is 8.56. The number of hydrogen-bond donors (Lipinski definition) is 0. The molecule has 2 aliphatic heterocycles. The molecule has 0 N–H and O–H groups in total. The molecule has 2 aromatic carbocycles. The zero-order chi connectivity index (χ0) is 23.8. The van der Waals surface area contributed by atoms with Crippen molar-refractivity contribution in [1.29, 1.82) is 0 Å². The van der Waals surface area contributed by atoms with Crippen molar-refractivity contribution in [2.45, 2.75) is 44.1 Å². The molecule has 4 rings (SSSR count). The van der Waals surface area contributed by atoms with Crippen LogP contribution in [-0.4, -0.2) is 39.2 Å². The molecule has 0 radical (unpaired) electrons. The molecule has 180 valence electrons. The Morgan fingerprint density at radius 3 is 2.42 bits per heavy atom. The van der Waals surface area contributed by atoms with E-state index in [0.717, 1.165) is 18.2 Å². The summed E-state index contributed by atoms with van der Waals surface area (Å²) in [6.45, 7) is 1.92. The highest BCUT2D eigenvalue weighted by Gasteiger charge is 2.53. The summed E-state index contributed by atoms with van der Waals surface area (Å²) in [7, 11) is -3.29. The summed E-state index contributed by atoms with van der Waals surface area (Å²) in [4.78, 5) is 0. The number of benzene rings is 2. The SMILES string of the molecule is CCCS(=O)(=O)CC[C@@H]1OCC[C@@]2(Cc3cc(F)cc(F)c3)c3c(F)ccc(F)c3OC[C@@H]12. The van der Waals surface area contributed by atoms with Crippen molar-refractivity contribution >= 4 is 9.84 Å². The lowest BCUT2D eigenvalue weighted by Crippen LogP contribution is -2.55. The first-order valence-corrected chi connectivity index (χ1v) is 12.9. The van der Waals surface area contributed by atoms with Gasteiger partial charge in [-0.1, -0.05) is 6.92 Å². The van der Waals surface area contributed by atoms with Gasteiger partial charge in [-0.05, 0) is 55.5 Å². The van der Waals surface area contributed by atoms with Crippen molar-refractivity contribution in [2.75, 3.05) is 24.7 Å². The number of fused-ring (bicyclic) bond motifs is 3. The molecule has 0 bridgehead atoms. The lowest BCUT2D eigenvalue weighted by atomic mass is 9.60. The Balaban J connectivity index is 1.78. The number of ether oxygens (including phenoxy) is 2. The molecule has 1 saturated heterocycles. The van der Waals surface area contributed by atoms with Gasteiger partial charge >= 0.3 is 0 Å².